The highest BCUT2D eigenvalue weighted by atomic mass is 16.5. The summed E-state index contributed by atoms with van der Waals surface area (Å²) >= 11 is 0. The van der Waals surface area contributed by atoms with Crippen LogP contribution in [0.15, 0.2) is 60.7 Å². The fourth-order valence-corrected chi connectivity index (χ4v) is 4.53. The second kappa shape index (κ2) is 11.6. The number of hydrogen-bond donors (Lipinski definition) is 1. The van der Waals surface area contributed by atoms with Gasteiger partial charge in [-0.25, -0.2) is 4.68 Å². The SMILES string of the molecule is COc1ccc(OC)c(C(C(=O)NC(C)(C)C)N(C(=O)Cn2nnc3ccccc32)c2cc(C)ccc2OC)c1. The van der Waals surface area contributed by atoms with Crippen molar-refractivity contribution in [2.24, 2.45) is 0 Å². The van der Waals surface area contributed by atoms with Gasteiger partial charge in [0.15, 0.2) is 0 Å². The summed E-state index contributed by atoms with van der Waals surface area (Å²) in [7, 11) is 4.58. The number of nitrogens with one attached hydrogen (secondary N) is 1. The van der Waals surface area contributed by atoms with Crippen LogP contribution < -0.4 is 24.4 Å². The molecule has 0 radical (unpaired) electrons. The van der Waals surface area contributed by atoms with Gasteiger partial charge in [0.1, 0.15) is 35.4 Å². The third-order valence-corrected chi connectivity index (χ3v) is 6.30. The molecule has 1 N–H and O–H groups in total. The molecule has 0 saturated carbocycles. The standard InChI is InChI=1S/C30H35N5O5/c1-19-12-14-26(40-7)24(16-19)35(27(36)18-34-23-11-9-8-10-22(23)32-33-34)28(29(37)31-30(2,3)4)21-17-20(38-5)13-15-25(21)39-6/h8-17,28H,18H2,1-7H3,(H,31,37). The van der Waals surface area contributed by atoms with Gasteiger partial charge in [-0.05, 0) is 75.7 Å². The van der Waals surface area contributed by atoms with E-state index in [2.05, 4.69) is 15.6 Å². The highest BCUT2D eigenvalue weighted by Crippen LogP contribution is 2.40. The maximum absolute atomic E-state index is 14.4. The van der Waals surface area contributed by atoms with Gasteiger partial charge < -0.3 is 19.5 Å². The number of anilines is 1. The van der Waals surface area contributed by atoms with E-state index in [4.69, 9.17) is 14.2 Å². The lowest BCUT2D eigenvalue weighted by molar-refractivity contribution is -0.128. The van der Waals surface area contributed by atoms with Gasteiger partial charge in [-0.3, -0.25) is 14.5 Å². The molecule has 0 aliphatic rings. The van der Waals surface area contributed by atoms with Crippen LogP contribution in [0.4, 0.5) is 5.69 Å². The molecule has 0 aliphatic carbocycles. The molecular weight excluding hydrogens is 510 g/mol. The Morgan fingerprint density at radius 2 is 1.65 bits per heavy atom. The summed E-state index contributed by atoms with van der Waals surface area (Å²) in [6, 6.07) is 16.9. The number of hydrogen-bond acceptors (Lipinski definition) is 7. The number of ether oxygens (including phenoxy) is 3. The number of benzene rings is 3. The first kappa shape index (κ1) is 28.4. The Labute approximate surface area is 233 Å². The topological polar surface area (TPSA) is 108 Å². The summed E-state index contributed by atoms with van der Waals surface area (Å²) in [5.74, 6) is 0.552. The van der Waals surface area contributed by atoms with Crippen molar-refractivity contribution in [1.29, 1.82) is 0 Å². The van der Waals surface area contributed by atoms with Gasteiger partial charge in [0, 0.05) is 11.1 Å². The quantitative estimate of drug-likeness (QED) is 0.331. The number of methoxy groups -OCH3 is 3. The van der Waals surface area contributed by atoms with E-state index in [1.807, 2.05) is 64.1 Å². The summed E-state index contributed by atoms with van der Waals surface area (Å²) in [5, 5.41) is 11.4. The number of aromatic nitrogens is 3. The number of amides is 2. The van der Waals surface area contributed by atoms with Crippen LogP contribution in [0.2, 0.25) is 0 Å². The summed E-state index contributed by atoms with van der Waals surface area (Å²) in [6.45, 7) is 7.37. The zero-order valence-electron chi connectivity index (χ0n) is 23.9. The van der Waals surface area contributed by atoms with Crippen LogP contribution >= 0.6 is 0 Å². The Morgan fingerprint density at radius 3 is 2.33 bits per heavy atom. The van der Waals surface area contributed by atoms with Gasteiger partial charge >= 0.3 is 0 Å². The van der Waals surface area contributed by atoms with Crippen molar-refractivity contribution in [3.63, 3.8) is 0 Å². The molecule has 1 heterocycles. The number of carbonyl (C=O) groups excluding carboxylic acids is 2. The smallest absolute Gasteiger partial charge is 0.249 e. The van der Waals surface area contributed by atoms with E-state index in [1.54, 1.807) is 24.3 Å². The average molecular weight is 546 g/mol. The molecule has 40 heavy (non-hydrogen) atoms. The number of fused-ring (bicyclic) bond motifs is 1. The minimum absolute atomic E-state index is 0.177. The van der Waals surface area contributed by atoms with E-state index < -0.39 is 23.4 Å². The Balaban J connectivity index is 1.96. The van der Waals surface area contributed by atoms with Gasteiger partial charge in [0.2, 0.25) is 11.8 Å². The lowest BCUT2D eigenvalue weighted by Crippen LogP contribution is -2.50. The molecule has 4 aromatic rings. The van der Waals surface area contributed by atoms with E-state index in [9.17, 15) is 9.59 Å². The summed E-state index contributed by atoms with van der Waals surface area (Å²) in [4.78, 5) is 30.0. The first-order valence-corrected chi connectivity index (χ1v) is 12.8. The van der Waals surface area contributed by atoms with E-state index in [0.717, 1.165) is 5.56 Å². The highest BCUT2D eigenvalue weighted by Gasteiger charge is 2.38. The molecular formula is C30H35N5O5. The second-order valence-electron chi connectivity index (χ2n) is 10.4. The van der Waals surface area contributed by atoms with Crippen LogP contribution in [0, 0.1) is 6.92 Å². The molecule has 1 atom stereocenters. The maximum Gasteiger partial charge on any atom is 0.249 e. The van der Waals surface area contributed by atoms with Crippen LogP contribution in [-0.4, -0.2) is 53.7 Å². The Bertz CT molecular complexity index is 1520. The van der Waals surface area contributed by atoms with Gasteiger partial charge in [-0.1, -0.05) is 23.4 Å². The average Bonchev–Trinajstić information content (AvgIpc) is 3.32. The Morgan fingerprint density at radius 1 is 0.950 bits per heavy atom. The number of para-hydroxylation sites is 1. The maximum atomic E-state index is 14.4. The van der Waals surface area contributed by atoms with Crippen molar-refractivity contribution in [2.45, 2.75) is 45.8 Å². The van der Waals surface area contributed by atoms with E-state index in [1.165, 1.54) is 30.9 Å². The molecule has 210 valence electrons. The van der Waals surface area contributed by atoms with Crippen LogP contribution in [-0.2, 0) is 16.1 Å². The van der Waals surface area contributed by atoms with Crippen LogP contribution in [0.1, 0.15) is 37.9 Å². The molecule has 4 rings (SSSR count). The lowest BCUT2D eigenvalue weighted by atomic mass is 9.98. The van der Waals surface area contributed by atoms with Crippen molar-refractivity contribution in [3.05, 3.63) is 71.8 Å². The summed E-state index contributed by atoms with van der Waals surface area (Å²) in [6.07, 6.45) is 0. The normalized spacial score (nSPS) is 12.1. The summed E-state index contributed by atoms with van der Waals surface area (Å²) in [5.41, 5.74) is 2.52. The molecule has 0 saturated heterocycles. The minimum atomic E-state index is -1.15. The van der Waals surface area contributed by atoms with Crippen molar-refractivity contribution in [3.8, 4) is 17.2 Å². The van der Waals surface area contributed by atoms with E-state index >= 15 is 0 Å². The molecule has 10 heteroatoms. The predicted octanol–water partition coefficient (Wildman–Crippen LogP) is 4.45. The molecule has 0 spiro atoms. The van der Waals surface area contributed by atoms with Crippen molar-refractivity contribution in [2.75, 3.05) is 26.2 Å². The molecule has 0 aliphatic heterocycles. The number of rotatable bonds is 9. The van der Waals surface area contributed by atoms with E-state index in [-0.39, 0.29) is 6.54 Å². The predicted molar refractivity (Wildman–Crippen MR) is 153 cm³/mol. The van der Waals surface area contributed by atoms with Gasteiger partial charge in [0.05, 0.1) is 32.5 Å². The van der Waals surface area contributed by atoms with Gasteiger partial charge in [-0.15, -0.1) is 5.10 Å². The molecule has 10 nitrogen and oxygen atoms in total. The van der Waals surface area contributed by atoms with Gasteiger partial charge in [-0.2, -0.15) is 0 Å². The lowest BCUT2D eigenvalue weighted by Gasteiger charge is -2.35. The largest absolute Gasteiger partial charge is 0.497 e. The molecule has 1 aromatic heterocycles. The monoisotopic (exact) mass is 545 g/mol. The zero-order chi connectivity index (χ0) is 29.0. The van der Waals surface area contributed by atoms with Gasteiger partial charge in [0.25, 0.3) is 0 Å². The summed E-state index contributed by atoms with van der Waals surface area (Å²) < 4.78 is 18.4. The minimum Gasteiger partial charge on any atom is -0.497 e. The third kappa shape index (κ3) is 6.01. The van der Waals surface area contributed by atoms with Crippen LogP contribution in [0.5, 0.6) is 17.2 Å². The molecule has 3 aromatic carbocycles. The number of carbonyl (C=O) groups is 2. The number of nitrogens with zero attached hydrogens (tertiary/aromatic N) is 4. The van der Waals surface area contributed by atoms with E-state index in [0.29, 0.717) is 39.5 Å². The first-order valence-electron chi connectivity index (χ1n) is 12.8. The zero-order valence-corrected chi connectivity index (χ0v) is 23.9. The second-order valence-corrected chi connectivity index (χ2v) is 10.4. The molecule has 2 amide bonds. The molecule has 0 bridgehead atoms. The Hall–Kier alpha value is -4.60. The molecule has 1 unspecified atom stereocenters. The van der Waals surface area contributed by atoms with Crippen molar-refractivity contribution < 1.29 is 23.8 Å². The fourth-order valence-electron chi connectivity index (χ4n) is 4.53. The first-order chi connectivity index (χ1) is 19.1. The Kier molecular flexibility index (Phi) is 8.27. The van der Waals surface area contributed by atoms with Crippen LogP contribution in [0.3, 0.4) is 0 Å². The third-order valence-electron chi connectivity index (χ3n) is 6.30. The fraction of sp³-hybridized carbons (Fsp3) is 0.333. The number of aryl methyl sites for hydroxylation is 1. The molecule has 0 fully saturated rings. The van der Waals surface area contributed by atoms with Crippen molar-refractivity contribution in [1.82, 2.24) is 20.3 Å². The highest BCUT2D eigenvalue weighted by molar-refractivity contribution is 6.03. The van der Waals surface area contributed by atoms with Crippen molar-refractivity contribution >= 4 is 28.5 Å². The van der Waals surface area contributed by atoms with Crippen LogP contribution in [0.25, 0.3) is 11.0 Å².